The number of ether oxygens (including phenoxy) is 1. The van der Waals surface area contributed by atoms with E-state index in [1.807, 2.05) is 6.07 Å². The molecule has 1 aromatic rings. The average Bonchev–Trinajstić information content (AvgIpc) is 3.05. The number of carbonyl (C=O) groups is 1. The van der Waals surface area contributed by atoms with E-state index in [4.69, 9.17) is 4.74 Å². The van der Waals surface area contributed by atoms with Crippen LogP contribution in [0.5, 0.6) is 5.75 Å². The number of fused-ring (bicyclic) bond motifs is 1. The van der Waals surface area contributed by atoms with Crippen LogP contribution in [0.25, 0.3) is 0 Å². The van der Waals surface area contributed by atoms with Crippen LogP contribution < -0.4 is 4.74 Å². The highest BCUT2D eigenvalue weighted by Crippen LogP contribution is 2.39. The highest BCUT2D eigenvalue weighted by molar-refractivity contribution is 5.78. The van der Waals surface area contributed by atoms with E-state index in [2.05, 4.69) is 47.0 Å². The molecule has 3 aliphatic rings. The molecular formula is C24H37N3O2. The maximum Gasteiger partial charge on any atom is 0.237 e. The molecule has 1 amide bonds. The van der Waals surface area contributed by atoms with Crippen LogP contribution in [0.1, 0.15) is 56.9 Å². The zero-order chi connectivity index (χ0) is 20.3. The maximum atomic E-state index is 13.4. The second-order valence-corrected chi connectivity index (χ2v) is 9.53. The number of carbonyl (C=O) groups excluding carboxylic acids is 1. The molecule has 1 saturated carbocycles. The second kappa shape index (κ2) is 9.05. The monoisotopic (exact) mass is 399 g/mol. The normalized spacial score (nSPS) is 28.5. The maximum absolute atomic E-state index is 13.4. The predicted octanol–water partition coefficient (Wildman–Crippen LogP) is 3.53. The number of nitrogens with zero attached hydrogens (tertiary/aromatic N) is 3. The molecule has 29 heavy (non-hydrogen) atoms. The highest BCUT2D eigenvalue weighted by Gasteiger charge is 2.42. The number of hydrogen-bond donors (Lipinski definition) is 0. The Morgan fingerprint density at radius 1 is 1.10 bits per heavy atom. The fourth-order valence-electron chi connectivity index (χ4n) is 5.28. The molecule has 5 heteroatoms. The van der Waals surface area contributed by atoms with Gasteiger partial charge in [-0.1, -0.05) is 31.0 Å². The van der Waals surface area contributed by atoms with E-state index < -0.39 is 0 Å². The summed E-state index contributed by atoms with van der Waals surface area (Å²) >= 11 is 0. The van der Waals surface area contributed by atoms with Crippen molar-refractivity contribution < 1.29 is 9.53 Å². The molecule has 0 N–H and O–H groups in total. The molecule has 2 heterocycles. The Bertz CT molecular complexity index is 689. The summed E-state index contributed by atoms with van der Waals surface area (Å²) in [6.45, 7) is 4.05. The first kappa shape index (κ1) is 20.7. The number of likely N-dealkylation sites (tertiary alicyclic amines) is 1. The van der Waals surface area contributed by atoms with Crippen LogP contribution in [-0.2, 0) is 11.3 Å². The SMILES string of the molecule is CN(C)C1CCC2(CC1)CN(C(=O)CN1CCCCCC1)Cc1ccccc1O2. The molecule has 1 saturated heterocycles. The van der Waals surface area contributed by atoms with Crippen LogP contribution in [0.2, 0.25) is 0 Å². The van der Waals surface area contributed by atoms with Gasteiger partial charge in [0.1, 0.15) is 11.4 Å². The Morgan fingerprint density at radius 3 is 2.48 bits per heavy atom. The van der Waals surface area contributed by atoms with Crippen LogP contribution in [0.15, 0.2) is 24.3 Å². The average molecular weight is 400 g/mol. The van der Waals surface area contributed by atoms with E-state index >= 15 is 0 Å². The molecule has 0 atom stereocenters. The van der Waals surface area contributed by atoms with Gasteiger partial charge in [0.15, 0.2) is 0 Å². The van der Waals surface area contributed by atoms with E-state index in [1.165, 1.54) is 25.7 Å². The standard InChI is InChI=1S/C24H37N3O2/c1-25(2)21-11-13-24(14-12-21)19-27(17-20-9-5-6-10-22(20)29-24)23(28)18-26-15-7-3-4-8-16-26/h5-6,9-10,21H,3-4,7-8,11-19H2,1-2H3. The topological polar surface area (TPSA) is 36.0 Å². The van der Waals surface area contributed by atoms with E-state index in [-0.39, 0.29) is 11.5 Å². The van der Waals surface area contributed by atoms with Gasteiger partial charge in [0.2, 0.25) is 5.91 Å². The Kier molecular flexibility index (Phi) is 6.45. The summed E-state index contributed by atoms with van der Waals surface area (Å²) in [4.78, 5) is 20.1. The molecule has 160 valence electrons. The first-order valence-corrected chi connectivity index (χ1v) is 11.5. The van der Waals surface area contributed by atoms with Gasteiger partial charge in [-0.2, -0.15) is 0 Å². The van der Waals surface area contributed by atoms with Crippen molar-refractivity contribution in [2.24, 2.45) is 0 Å². The highest BCUT2D eigenvalue weighted by atomic mass is 16.5. The number of amides is 1. The van der Waals surface area contributed by atoms with Crippen molar-refractivity contribution in [2.75, 3.05) is 40.3 Å². The van der Waals surface area contributed by atoms with Crippen molar-refractivity contribution in [1.29, 1.82) is 0 Å². The van der Waals surface area contributed by atoms with Gasteiger partial charge < -0.3 is 14.5 Å². The first-order chi connectivity index (χ1) is 14.0. The van der Waals surface area contributed by atoms with Crippen LogP contribution in [-0.4, -0.2) is 72.5 Å². The summed E-state index contributed by atoms with van der Waals surface area (Å²) in [7, 11) is 4.34. The summed E-state index contributed by atoms with van der Waals surface area (Å²) in [5.41, 5.74) is 0.899. The minimum atomic E-state index is -0.242. The fourth-order valence-corrected chi connectivity index (χ4v) is 5.28. The van der Waals surface area contributed by atoms with E-state index in [9.17, 15) is 4.79 Å². The van der Waals surface area contributed by atoms with Crippen molar-refractivity contribution in [3.63, 3.8) is 0 Å². The predicted molar refractivity (Wildman–Crippen MR) is 116 cm³/mol. The molecule has 2 fully saturated rings. The molecule has 2 aliphatic heterocycles. The smallest absolute Gasteiger partial charge is 0.237 e. The molecule has 0 bridgehead atoms. The largest absolute Gasteiger partial charge is 0.485 e. The molecule has 4 rings (SSSR count). The van der Waals surface area contributed by atoms with Gasteiger partial charge in [-0.15, -0.1) is 0 Å². The molecule has 0 radical (unpaired) electrons. The second-order valence-electron chi connectivity index (χ2n) is 9.53. The third-order valence-electron chi connectivity index (χ3n) is 7.15. The minimum Gasteiger partial charge on any atom is -0.485 e. The lowest BCUT2D eigenvalue weighted by atomic mass is 9.81. The lowest BCUT2D eigenvalue weighted by Crippen LogP contribution is -2.53. The van der Waals surface area contributed by atoms with E-state index in [1.54, 1.807) is 0 Å². The van der Waals surface area contributed by atoms with E-state index in [0.717, 1.165) is 50.1 Å². The lowest BCUT2D eigenvalue weighted by Gasteiger charge is -2.43. The summed E-state index contributed by atoms with van der Waals surface area (Å²) < 4.78 is 6.68. The van der Waals surface area contributed by atoms with Crippen molar-refractivity contribution in [3.8, 4) is 5.75 Å². The van der Waals surface area contributed by atoms with Gasteiger partial charge in [-0.3, -0.25) is 9.69 Å². The summed E-state index contributed by atoms with van der Waals surface area (Å²) in [5, 5.41) is 0. The third-order valence-corrected chi connectivity index (χ3v) is 7.15. The van der Waals surface area contributed by atoms with Gasteiger partial charge >= 0.3 is 0 Å². The molecule has 1 aliphatic carbocycles. The fraction of sp³-hybridized carbons (Fsp3) is 0.708. The molecule has 1 aromatic carbocycles. The van der Waals surface area contributed by atoms with Gasteiger partial charge in [-0.05, 0) is 71.8 Å². The third kappa shape index (κ3) is 4.95. The molecule has 1 spiro atoms. The van der Waals surface area contributed by atoms with Crippen LogP contribution in [0.4, 0.5) is 0 Å². The van der Waals surface area contributed by atoms with E-state index in [0.29, 0.717) is 25.7 Å². The molecule has 0 aromatic heterocycles. The van der Waals surface area contributed by atoms with Crippen LogP contribution in [0.3, 0.4) is 0 Å². The van der Waals surface area contributed by atoms with Gasteiger partial charge in [0.05, 0.1) is 13.1 Å². The van der Waals surface area contributed by atoms with Crippen molar-refractivity contribution in [3.05, 3.63) is 29.8 Å². The summed E-state index contributed by atoms with van der Waals surface area (Å²) in [6, 6.07) is 8.92. The Labute approximate surface area is 176 Å². The zero-order valence-electron chi connectivity index (χ0n) is 18.2. The van der Waals surface area contributed by atoms with Crippen LogP contribution >= 0.6 is 0 Å². The van der Waals surface area contributed by atoms with Crippen molar-refractivity contribution in [1.82, 2.24) is 14.7 Å². The Balaban J connectivity index is 1.51. The van der Waals surface area contributed by atoms with Gasteiger partial charge in [-0.25, -0.2) is 0 Å². The molecule has 0 unspecified atom stereocenters. The van der Waals surface area contributed by atoms with Crippen molar-refractivity contribution in [2.45, 2.75) is 69.6 Å². The van der Waals surface area contributed by atoms with Crippen molar-refractivity contribution >= 4 is 5.91 Å². The number of rotatable bonds is 3. The lowest BCUT2D eigenvalue weighted by molar-refractivity contribution is -0.136. The number of hydrogen-bond acceptors (Lipinski definition) is 4. The summed E-state index contributed by atoms with van der Waals surface area (Å²) in [5.74, 6) is 1.24. The van der Waals surface area contributed by atoms with Gasteiger partial charge in [0.25, 0.3) is 0 Å². The first-order valence-electron chi connectivity index (χ1n) is 11.5. The number of para-hydroxylation sites is 1. The Morgan fingerprint density at radius 2 is 1.79 bits per heavy atom. The zero-order valence-corrected chi connectivity index (χ0v) is 18.2. The van der Waals surface area contributed by atoms with Gasteiger partial charge in [0, 0.05) is 18.2 Å². The summed E-state index contributed by atoms with van der Waals surface area (Å²) in [6.07, 6.45) is 9.31. The minimum absolute atomic E-state index is 0.242. The number of benzene rings is 1. The Hall–Kier alpha value is -1.59. The van der Waals surface area contributed by atoms with Crippen LogP contribution in [0, 0.1) is 0 Å². The molecule has 5 nitrogen and oxygen atoms in total. The molecular weight excluding hydrogens is 362 g/mol. The quantitative estimate of drug-likeness (QED) is 0.779.